The summed E-state index contributed by atoms with van der Waals surface area (Å²) >= 11 is 0. The lowest BCUT2D eigenvalue weighted by molar-refractivity contribution is -0.140. The monoisotopic (exact) mass is 523 g/mol. The van der Waals surface area contributed by atoms with Crippen LogP contribution in [0.15, 0.2) is 42.5 Å². The van der Waals surface area contributed by atoms with Gasteiger partial charge in [0.15, 0.2) is 0 Å². The van der Waals surface area contributed by atoms with E-state index in [1.54, 1.807) is 26.8 Å². The molecular formula is C25H34FN3O6S. The minimum atomic E-state index is -3.96. The van der Waals surface area contributed by atoms with Crippen LogP contribution in [0.5, 0.6) is 11.5 Å². The molecule has 0 aliphatic heterocycles. The zero-order valence-corrected chi connectivity index (χ0v) is 22.5. The van der Waals surface area contributed by atoms with Gasteiger partial charge >= 0.3 is 0 Å². The first-order chi connectivity index (χ1) is 16.7. The third-order valence-electron chi connectivity index (χ3n) is 5.30. The van der Waals surface area contributed by atoms with Crippen LogP contribution in [0.2, 0.25) is 0 Å². The summed E-state index contributed by atoms with van der Waals surface area (Å²) in [5.74, 6) is -1.09. The number of ether oxygens (including phenoxy) is 2. The maximum absolute atomic E-state index is 14.5. The molecule has 0 heterocycles. The van der Waals surface area contributed by atoms with E-state index < -0.39 is 45.8 Å². The van der Waals surface area contributed by atoms with Crippen molar-refractivity contribution in [2.24, 2.45) is 0 Å². The van der Waals surface area contributed by atoms with E-state index >= 15 is 0 Å². The van der Waals surface area contributed by atoms with E-state index in [9.17, 15) is 22.4 Å². The van der Waals surface area contributed by atoms with Gasteiger partial charge in [0.25, 0.3) is 0 Å². The molecule has 1 N–H and O–H groups in total. The molecule has 198 valence electrons. The van der Waals surface area contributed by atoms with Crippen LogP contribution in [0.3, 0.4) is 0 Å². The summed E-state index contributed by atoms with van der Waals surface area (Å²) in [6.07, 6.45) is 0.959. The molecule has 0 fully saturated rings. The Morgan fingerprint density at radius 2 is 1.72 bits per heavy atom. The Hall–Kier alpha value is -3.34. The molecule has 2 aromatic rings. The minimum absolute atomic E-state index is 0.117. The van der Waals surface area contributed by atoms with E-state index in [-0.39, 0.29) is 23.5 Å². The van der Waals surface area contributed by atoms with E-state index in [4.69, 9.17) is 9.47 Å². The highest BCUT2D eigenvalue weighted by atomic mass is 32.2. The van der Waals surface area contributed by atoms with Crippen molar-refractivity contribution in [1.82, 2.24) is 10.2 Å². The maximum Gasteiger partial charge on any atom is 0.244 e. The molecule has 2 aromatic carbocycles. The molecule has 0 aliphatic rings. The fourth-order valence-electron chi connectivity index (χ4n) is 3.45. The number of amides is 2. The van der Waals surface area contributed by atoms with Gasteiger partial charge in [0.05, 0.1) is 26.2 Å². The summed E-state index contributed by atoms with van der Waals surface area (Å²) in [4.78, 5) is 27.7. The lowest BCUT2D eigenvalue weighted by atomic mass is 10.1. The number of sulfonamides is 1. The van der Waals surface area contributed by atoms with Crippen LogP contribution < -0.4 is 19.1 Å². The van der Waals surface area contributed by atoms with Crippen molar-refractivity contribution in [3.8, 4) is 11.5 Å². The van der Waals surface area contributed by atoms with Gasteiger partial charge in [0.1, 0.15) is 29.9 Å². The van der Waals surface area contributed by atoms with Crippen molar-refractivity contribution < 1.29 is 31.9 Å². The zero-order valence-electron chi connectivity index (χ0n) is 21.7. The van der Waals surface area contributed by atoms with Gasteiger partial charge in [-0.3, -0.25) is 13.9 Å². The number of halogens is 1. The Balaban J connectivity index is 2.49. The summed E-state index contributed by atoms with van der Waals surface area (Å²) in [6.45, 7) is 6.02. The van der Waals surface area contributed by atoms with Crippen LogP contribution >= 0.6 is 0 Å². The molecule has 1 atom stereocenters. The second-order valence-electron chi connectivity index (χ2n) is 9.34. The number of carbonyl (C=O) groups is 2. The SMILES string of the molecule is COc1ccc(N(CC(=O)N(Cc2ccccc2F)[C@H](C)C(=O)NC(C)(C)C)S(C)(=O)=O)c(OC)c1. The molecular weight excluding hydrogens is 489 g/mol. The average Bonchev–Trinajstić information content (AvgIpc) is 2.79. The Morgan fingerprint density at radius 3 is 2.25 bits per heavy atom. The average molecular weight is 524 g/mol. The molecule has 0 saturated carbocycles. The predicted octanol–water partition coefficient (Wildman–Crippen LogP) is 2.94. The van der Waals surface area contributed by atoms with Crippen LogP contribution in [0, 0.1) is 5.82 Å². The Bertz CT molecular complexity index is 1200. The highest BCUT2D eigenvalue weighted by Crippen LogP contribution is 2.33. The first-order valence-electron chi connectivity index (χ1n) is 11.2. The highest BCUT2D eigenvalue weighted by molar-refractivity contribution is 7.92. The first kappa shape index (κ1) is 28.9. The number of nitrogens with zero attached hydrogens (tertiary/aromatic N) is 2. The summed E-state index contributed by atoms with van der Waals surface area (Å²) in [7, 11) is -1.14. The summed E-state index contributed by atoms with van der Waals surface area (Å²) in [5.41, 5.74) is -0.270. The van der Waals surface area contributed by atoms with Crippen molar-refractivity contribution >= 4 is 27.5 Å². The van der Waals surface area contributed by atoms with Gasteiger partial charge in [-0.05, 0) is 45.9 Å². The lowest BCUT2D eigenvalue weighted by Gasteiger charge is -2.33. The number of anilines is 1. The third kappa shape index (κ3) is 7.58. The standard InChI is InChI=1S/C25H34FN3O6S/c1-17(24(31)27-25(2,3)4)28(15-18-10-8-9-11-20(18)26)23(30)16-29(36(7,32)33)21-13-12-19(34-5)14-22(21)35-6/h8-14,17H,15-16H2,1-7H3,(H,27,31)/t17-/m1/s1. The maximum atomic E-state index is 14.5. The van der Waals surface area contributed by atoms with E-state index in [2.05, 4.69) is 5.32 Å². The van der Waals surface area contributed by atoms with Gasteiger partial charge in [-0.2, -0.15) is 0 Å². The van der Waals surface area contributed by atoms with E-state index in [1.165, 1.54) is 57.5 Å². The van der Waals surface area contributed by atoms with Gasteiger partial charge in [-0.15, -0.1) is 0 Å². The molecule has 0 saturated heterocycles. The first-order valence-corrected chi connectivity index (χ1v) is 13.1. The zero-order chi connectivity index (χ0) is 27.3. The summed E-state index contributed by atoms with van der Waals surface area (Å²) in [5, 5.41) is 2.81. The fourth-order valence-corrected chi connectivity index (χ4v) is 4.31. The van der Waals surface area contributed by atoms with Gasteiger partial charge in [0, 0.05) is 23.7 Å². The smallest absolute Gasteiger partial charge is 0.244 e. The van der Waals surface area contributed by atoms with Gasteiger partial charge in [0.2, 0.25) is 21.8 Å². The number of methoxy groups -OCH3 is 2. The number of nitrogens with one attached hydrogen (secondary N) is 1. The second kappa shape index (κ2) is 11.6. The minimum Gasteiger partial charge on any atom is -0.497 e. The number of hydrogen-bond donors (Lipinski definition) is 1. The van der Waals surface area contributed by atoms with Crippen LogP contribution in [-0.4, -0.2) is 63.7 Å². The van der Waals surface area contributed by atoms with Crippen molar-refractivity contribution in [3.63, 3.8) is 0 Å². The molecule has 2 rings (SSSR count). The van der Waals surface area contributed by atoms with Gasteiger partial charge < -0.3 is 19.7 Å². The Morgan fingerprint density at radius 1 is 1.08 bits per heavy atom. The van der Waals surface area contributed by atoms with Crippen molar-refractivity contribution in [3.05, 3.63) is 53.8 Å². The van der Waals surface area contributed by atoms with E-state index in [0.29, 0.717) is 5.75 Å². The molecule has 36 heavy (non-hydrogen) atoms. The number of benzene rings is 2. The molecule has 0 spiro atoms. The molecule has 2 amide bonds. The molecule has 0 aromatic heterocycles. The van der Waals surface area contributed by atoms with E-state index in [1.807, 2.05) is 0 Å². The van der Waals surface area contributed by atoms with Crippen LogP contribution in [0.25, 0.3) is 0 Å². The van der Waals surface area contributed by atoms with Gasteiger partial charge in [-0.25, -0.2) is 12.8 Å². The van der Waals surface area contributed by atoms with Crippen LogP contribution in [0.4, 0.5) is 10.1 Å². The predicted molar refractivity (Wildman–Crippen MR) is 136 cm³/mol. The number of rotatable bonds is 10. The largest absolute Gasteiger partial charge is 0.497 e. The van der Waals surface area contributed by atoms with Crippen molar-refractivity contribution in [2.75, 3.05) is 31.3 Å². The topological polar surface area (TPSA) is 105 Å². The second-order valence-corrected chi connectivity index (χ2v) is 11.2. The molecule has 0 radical (unpaired) electrons. The van der Waals surface area contributed by atoms with Crippen molar-refractivity contribution in [2.45, 2.75) is 45.8 Å². The van der Waals surface area contributed by atoms with Crippen LogP contribution in [0.1, 0.15) is 33.3 Å². The normalized spacial score (nSPS) is 12.4. The Kier molecular flexibility index (Phi) is 9.31. The third-order valence-corrected chi connectivity index (χ3v) is 6.43. The molecule has 0 unspecified atom stereocenters. The lowest BCUT2D eigenvalue weighted by Crippen LogP contribution is -2.54. The summed E-state index contributed by atoms with van der Waals surface area (Å²) in [6, 6.07) is 9.37. The van der Waals surface area contributed by atoms with E-state index in [0.717, 1.165) is 15.5 Å². The van der Waals surface area contributed by atoms with Crippen LogP contribution in [-0.2, 0) is 26.2 Å². The Labute approximate surface area is 212 Å². The number of carbonyl (C=O) groups excluding carboxylic acids is 2. The molecule has 9 nitrogen and oxygen atoms in total. The highest BCUT2D eigenvalue weighted by Gasteiger charge is 2.32. The number of hydrogen-bond acceptors (Lipinski definition) is 6. The summed E-state index contributed by atoms with van der Waals surface area (Å²) < 4.78 is 51.3. The van der Waals surface area contributed by atoms with Crippen molar-refractivity contribution in [1.29, 1.82) is 0 Å². The fraction of sp³-hybridized carbons (Fsp3) is 0.440. The molecule has 11 heteroatoms. The molecule has 0 aliphatic carbocycles. The van der Waals surface area contributed by atoms with Gasteiger partial charge in [-0.1, -0.05) is 18.2 Å². The quantitative estimate of drug-likeness (QED) is 0.514. The molecule has 0 bridgehead atoms.